The van der Waals surface area contributed by atoms with Gasteiger partial charge in [0.15, 0.2) is 5.78 Å². The van der Waals surface area contributed by atoms with Crippen molar-refractivity contribution >= 4 is 29.5 Å². The molecule has 58 heavy (non-hydrogen) atoms. The molecular weight excluding hydrogens is 731 g/mol. The molecule has 1 unspecified atom stereocenters. The number of fused-ring (bicyclic) bond motifs is 7. The van der Waals surface area contributed by atoms with E-state index >= 15 is 0 Å². The number of carbonyl (C=O) groups excluding carboxylic acids is 4. The predicted molar refractivity (Wildman–Crippen MR) is 219 cm³/mol. The standard InChI is InChI=1S/C48H67N3O7/c1-26(2)36-32(52)24-48(51-41(57)47(21-22-47)50-38(53)28-12-11-27(3)49-25-28)20-19-45(9)29(37(36)48)13-14-34-44(8)17-16-35(43(6,7)33(44)15-18-46(34,45)10)58-40(56)31-23-30(39(54)55)42(31,4)5/h11-12,25-26,29-31,33-35H,13-24H2,1-10H3,(H,50,53)(H,51,57)(H,54,55)/t29-,30+,31-,33?,34-,35+,44+,45-,46-,48-/m1/s1. The van der Waals surface area contributed by atoms with Crippen LogP contribution in [0.15, 0.2) is 29.5 Å². The smallest absolute Gasteiger partial charge is 0.309 e. The topological polar surface area (TPSA) is 152 Å². The number of nitrogens with zero attached hydrogens (tertiary/aromatic N) is 1. The molecule has 1 aromatic heterocycles. The van der Waals surface area contributed by atoms with Crippen LogP contribution in [-0.4, -0.2) is 56.8 Å². The van der Waals surface area contributed by atoms with Crippen LogP contribution in [0.25, 0.3) is 0 Å². The van der Waals surface area contributed by atoms with E-state index in [9.17, 15) is 29.1 Å². The van der Waals surface area contributed by atoms with Crippen LogP contribution in [-0.2, 0) is 23.9 Å². The fourth-order valence-corrected chi connectivity index (χ4v) is 14.7. The summed E-state index contributed by atoms with van der Waals surface area (Å²) in [6.45, 7) is 22.0. The molecule has 7 aliphatic rings. The number of Topliss-reactive ketones (excluding diaryl/α,β-unsaturated/α-hetero) is 1. The van der Waals surface area contributed by atoms with Crippen LogP contribution in [0, 0.1) is 69.5 Å². The third-order valence-corrected chi connectivity index (χ3v) is 18.5. The molecule has 10 heteroatoms. The van der Waals surface area contributed by atoms with E-state index in [0.29, 0.717) is 43.1 Å². The van der Waals surface area contributed by atoms with Crippen LogP contribution < -0.4 is 10.6 Å². The van der Waals surface area contributed by atoms with Gasteiger partial charge < -0.3 is 20.5 Å². The number of ether oxygens (including phenoxy) is 1. The number of hydrogen-bond donors (Lipinski definition) is 3. The van der Waals surface area contributed by atoms with Gasteiger partial charge in [-0.25, -0.2) is 0 Å². The number of esters is 1. The summed E-state index contributed by atoms with van der Waals surface area (Å²) in [7, 11) is 0. The first-order valence-corrected chi connectivity index (χ1v) is 22.3. The van der Waals surface area contributed by atoms with Gasteiger partial charge >= 0.3 is 11.9 Å². The van der Waals surface area contributed by atoms with E-state index < -0.39 is 34.3 Å². The number of aliphatic carboxylic acids is 1. The number of allylic oxidation sites excluding steroid dienone is 1. The minimum atomic E-state index is -0.988. The van der Waals surface area contributed by atoms with Crippen molar-refractivity contribution in [3.05, 3.63) is 40.7 Å². The molecule has 1 heterocycles. The summed E-state index contributed by atoms with van der Waals surface area (Å²) in [5.41, 5.74) is 0.646. The second-order valence-electron chi connectivity index (χ2n) is 22.2. The Labute approximate surface area is 344 Å². The molecule has 1 aromatic rings. The van der Waals surface area contributed by atoms with Gasteiger partial charge in [0.25, 0.3) is 5.91 Å². The number of rotatable bonds is 8. The Morgan fingerprint density at radius 1 is 0.810 bits per heavy atom. The highest BCUT2D eigenvalue weighted by Crippen LogP contribution is 2.76. The molecule has 0 saturated heterocycles. The van der Waals surface area contributed by atoms with Crippen LogP contribution in [0.2, 0.25) is 0 Å². The Hall–Kier alpha value is -3.56. The van der Waals surface area contributed by atoms with Gasteiger partial charge in [0.2, 0.25) is 5.91 Å². The van der Waals surface area contributed by atoms with Crippen LogP contribution in [0.5, 0.6) is 0 Å². The Morgan fingerprint density at radius 3 is 2.12 bits per heavy atom. The Kier molecular flexibility index (Phi) is 9.39. The van der Waals surface area contributed by atoms with Crippen molar-refractivity contribution in [3.8, 4) is 0 Å². The van der Waals surface area contributed by atoms with Gasteiger partial charge in [-0.3, -0.25) is 29.0 Å². The molecule has 0 radical (unpaired) electrons. The summed E-state index contributed by atoms with van der Waals surface area (Å²) in [5.74, 6) is -1.37. The number of aryl methyl sites for hydroxylation is 1. The van der Waals surface area contributed by atoms with Crippen LogP contribution in [0.1, 0.15) is 155 Å². The van der Waals surface area contributed by atoms with E-state index in [4.69, 9.17) is 4.74 Å². The maximum absolute atomic E-state index is 14.4. The van der Waals surface area contributed by atoms with Gasteiger partial charge in [0.05, 0.1) is 22.9 Å². The molecule has 7 aliphatic carbocycles. The van der Waals surface area contributed by atoms with Gasteiger partial charge in [-0.2, -0.15) is 0 Å². The Balaban J connectivity index is 1.04. The average Bonchev–Trinajstić information content (AvgIpc) is 3.85. The summed E-state index contributed by atoms with van der Waals surface area (Å²) in [4.78, 5) is 71.6. The maximum atomic E-state index is 14.4. The third kappa shape index (κ3) is 5.74. The molecule has 0 bridgehead atoms. The minimum absolute atomic E-state index is 0.00673. The van der Waals surface area contributed by atoms with Gasteiger partial charge in [-0.15, -0.1) is 0 Å². The van der Waals surface area contributed by atoms with Crippen molar-refractivity contribution in [3.63, 3.8) is 0 Å². The van der Waals surface area contributed by atoms with E-state index in [1.807, 2.05) is 20.8 Å². The number of aromatic nitrogens is 1. The van der Waals surface area contributed by atoms with Gasteiger partial charge in [-0.05, 0) is 146 Å². The largest absolute Gasteiger partial charge is 0.481 e. The zero-order valence-corrected chi connectivity index (χ0v) is 36.6. The number of ketones is 1. The number of pyridine rings is 1. The summed E-state index contributed by atoms with van der Waals surface area (Å²) in [6, 6.07) is 3.53. The van der Waals surface area contributed by atoms with Crippen LogP contribution in [0.4, 0.5) is 0 Å². The molecule has 0 spiro atoms. The lowest BCUT2D eigenvalue weighted by molar-refractivity contribution is -0.235. The molecule has 316 valence electrons. The zero-order chi connectivity index (χ0) is 42.2. The van der Waals surface area contributed by atoms with Crippen molar-refractivity contribution in [2.45, 2.75) is 163 Å². The van der Waals surface area contributed by atoms with Crippen molar-refractivity contribution < 1.29 is 33.8 Å². The first-order valence-electron chi connectivity index (χ1n) is 22.3. The van der Waals surface area contributed by atoms with E-state index in [0.717, 1.165) is 56.2 Å². The first-order chi connectivity index (χ1) is 27.0. The average molecular weight is 798 g/mol. The zero-order valence-electron chi connectivity index (χ0n) is 36.6. The fraction of sp³-hybridized carbons (Fsp3) is 0.750. The highest BCUT2D eigenvalue weighted by molar-refractivity contribution is 6.04. The minimum Gasteiger partial charge on any atom is -0.481 e. The number of amides is 2. The second kappa shape index (κ2) is 13.2. The number of nitrogens with one attached hydrogen (secondary N) is 2. The fourth-order valence-electron chi connectivity index (χ4n) is 14.7. The van der Waals surface area contributed by atoms with E-state index in [1.54, 1.807) is 18.3 Å². The third-order valence-electron chi connectivity index (χ3n) is 18.5. The highest BCUT2D eigenvalue weighted by Gasteiger charge is 2.71. The SMILES string of the molecule is Cc1ccc(C(=O)NC2(C(=O)N[C@@]34CC[C@]5(C)[C@H](CC[C@@H]6[C@@]7(C)CC[C@H](OC(=O)[C@H]8C[C@@H](C(=O)O)C8(C)C)C(C)(C)C7CC[C@]65C)C3=C(C(C)C)C(=O)C4)CC2)cn1. The summed E-state index contributed by atoms with van der Waals surface area (Å²) < 4.78 is 6.42. The lowest BCUT2D eigenvalue weighted by Crippen LogP contribution is -2.68. The molecule has 0 aliphatic heterocycles. The van der Waals surface area contributed by atoms with Crippen molar-refractivity contribution in [1.82, 2.24) is 15.6 Å². The van der Waals surface area contributed by atoms with E-state index in [2.05, 4.69) is 64.1 Å². The number of carboxylic acid groups (broad SMARTS) is 1. The molecule has 3 N–H and O–H groups in total. The maximum Gasteiger partial charge on any atom is 0.309 e. The molecule has 6 fully saturated rings. The van der Waals surface area contributed by atoms with Crippen molar-refractivity contribution in [2.75, 3.05) is 0 Å². The first kappa shape index (κ1) is 41.2. The molecule has 2 amide bonds. The molecule has 10 nitrogen and oxygen atoms in total. The molecule has 0 aromatic carbocycles. The van der Waals surface area contributed by atoms with Gasteiger partial charge in [0, 0.05) is 23.7 Å². The normalized spacial score (nSPS) is 40.2. The van der Waals surface area contributed by atoms with Crippen LogP contribution >= 0.6 is 0 Å². The molecular formula is C48H67N3O7. The van der Waals surface area contributed by atoms with Gasteiger partial charge in [0.1, 0.15) is 11.6 Å². The lowest BCUT2D eigenvalue weighted by atomic mass is 9.33. The Morgan fingerprint density at radius 2 is 1.52 bits per heavy atom. The van der Waals surface area contributed by atoms with E-state index in [1.165, 1.54) is 5.57 Å². The van der Waals surface area contributed by atoms with E-state index in [-0.39, 0.29) is 69.6 Å². The van der Waals surface area contributed by atoms with Crippen LogP contribution in [0.3, 0.4) is 0 Å². The quantitative estimate of drug-likeness (QED) is 0.223. The monoisotopic (exact) mass is 797 g/mol. The van der Waals surface area contributed by atoms with Crippen molar-refractivity contribution in [1.29, 1.82) is 0 Å². The Bertz CT molecular complexity index is 1980. The highest BCUT2D eigenvalue weighted by atomic mass is 16.5. The number of carbonyl (C=O) groups is 5. The van der Waals surface area contributed by atoms with Crippen molar-refractivity contribution in [2.24, 2.45) is 62.6 Å². The number of carboxylic acids is 1. The molecule has 10 atom stereocenters. The number of hydrogen-bond acceptors (Lipinski definition) is 7. The lowest BCUT2D eigenvalue weighted by Gasteiger charge is -2.72. The summed E-state index contributed by atoms with van der Waals surface area (Å²) >= 11 is 0. The summed E-state index contributed by atoms with van der Waals surface area (Å²) in [6.07, 6.45) is 10.5. The molecule has 8 rings (SSSR count). The summed E-state index contributed by atoms with van der Waals surface area (Å²) in [5, 5.41) is 16.2. The predicted octanol–water partition coefficient (Wildman–Crippen LogP) is 8.16. The second-order valence-corrected chi connectivity index (χ2v) is 22.2. The molecule has 6 saturated carbocycles. The van der Waals surface area contributed by atoms with Gasteiger partial charge in [-0.1, -0.05) is 62.3 Å².